The minimum absolute atomic E-state index is 0.0325. The summed E-state index contributed by atoms with van der Waals surface area (Å²) in [6.45, 7) is 0.435. The van der Waals surface area contributed by atoms with Crippen LogP contribution >= 0.6 is 0 Å². The molecule has 2 aromatic heterocycles. The monoisotopic (exact) mass is 354 g/mol. The number of carbonyl (C=O) groups is 1. The second-order valence-corrected chi connectivity index (χ2v) is 6.84. The molecule has 1 aliphatic rings. The second-order valence-electron chi connectivity index (χ2n) is 6.84. The lowest BCUT2D eigenvalue weighted by Gasteiger charge is -2.22. The van der Waals surface area contributed by atoms with Crippen molar-refractivity contribution in [1.82, 2.24) is 15.2 Å². The zero-order chi connectivity index (χ0) is 18.1. The lowest BCUT2D eigenvalue weighted by Crippen LogP contribution is -2.36. The Morgan fingerprint density at radius 1 is 1.35 bits per heavy atom. The Balaban J connectivity index is 1.38. The van der Waals surface area contributed by atoms with E-state index >= 15 is 0 Å². The Bertz CT molecular complexity index is 897. The van der Waals surface area contributed by atoms with Crippen LogP contribution in [-0.2, 0) is 0 Å². The normalized spacial score (nSPS) is 15.3. The minimum Gasteiger partial charge on any atom is -0.468 e. The van der Waals surface area contributed by atoms with Crippen molar-refractivity contribution in [3.05, 3.63) is 48.2 Å². The molecule has 7 nitrogen and oxygen atoms in total. The van der Waals surface area contributed by atoms with Crippen LogP contribution in [0.1, 0.15) is 36.5 Å². The van der Waals surface area contributed by atoms with Gasteiger partial charge < -0.3 is 19.5 Å². The number of aromatic nitrogens is 1. The van der Waals surface area contributed by atoms with Gasteiger partial charge in [0, 0.05) is 18.2 Å². The van der Waals surface area contributed by atoms with Gasteiger partial charge in [0.2, 0.25) is 0 Å². The van der Waals surface area contributed by atoms with E-state index in [-0.39, 0.29) is 12.1 Å². The summed E-state index contributed by atoms with van der Waals surface area (Å²) in [7, 11) is 3.89. The molecule has 0 aliphatic heterocycles. The SMILES string of the molecule is CN(C)[C@H](CNC(=O)Nc1ccc2oc(C3CC3)nc2c1)c1ccco1. The summed E-state index contributed by atoms with van der Waals surface area (Å²) in [4.78, 5) is 18.8. The summed E-state index contributed by atoms with van der Waals surface area (Å²) in [5.74, 6) is 2.08. The molecule has 2 N–H and O–H groups in total. The lowest BCUT2D eigenvalue weighted by molar-refractivity contribution is 0.233. The Morgan fingerprint density at radius 2 is 2.19 bits per heavy atom. The van der Waals surface area contributed by atoms with Crippen LogP contribution in [0.5, 0.6) is 0 Å². The number of hydrogen-bond donors (Lipinski definition) is 2. The molecule has 0 bridgehead atoms. The van der Waals surface area contributed by atoms with Crippen molar-refractivity contribution in [3.63, 3.8) is 0 Å². The molecular formula is C19H22N4O3. The quantitative estimate of drug-likeness (QED) is 0.705. The first-order valence-electron chi connectivity index (χ1n) is 8.75. The molecule has 4 rings (SSSR count). The van der Waals surface area contributed by atoms with E-state index in [4.69, 9.17) is 8.83 Å². The molecule has 0 saturated heterocycles. The van der Waals surface area contributed by atoms with E-state index < -0.39 is 0 Å². The van der Waals surface area contributed by atoms with Gasteiger partial charge in [-0.15, -0.1) is 0 Å². The summed E-state index contributed by atoms with van der Waals surface area (Å²) in [5.41, 5.74) is 2.21. The number of benzene rings is 1. The molecule has 3 aromatic rings. The van der Waals surface area contributed by atoms with Gasteiger partial charge in [-0.25, -0.2) is 9.78 Å². The van der Waals surface area contributed by atoms with Crippen molar-refractivity contribution in [2.75, 3.05) is 26.0 Å². The minimum atomic E-state index is -0.270. The van der Waals surface area contributed by atoms with Crippen LogP contribution in [0.4, 0.5) is 10.5 Å². The number of anilines is 1. The van der Waals surface area contributed by atoms with Crippen LogP contribution < -0.4 is 10.6 Å². The molecule has 1 saturated carbocycles. The number of nitrogens with one attached hydrogen (secondary N) is 2. The predicted molar refractivity (Wildman–Crippen MR) is 98.1 cm³/mol. The molecule has 0 radical (unpaired) electrons. The highest BCUT2D eigenvalue weighted by Gasteiger charge is 2.28. The highest BCUT2D eigenvalue weighted by molar-refractivity contribution is 5.91. The van der Waals surface area contributed by atoms with Crippen LogP contribution in [-0.4, -0.2) is 36.6 Å². The molecule has 1 atom stereocenters. The maximum absolute atomic E-state index is 12.3. The number of carbonyl (C=O) groups excluding carboxylic acids is 1. The van der Waals surface area contributed by atoms with E-state index in [1.54, 1.807) is 6.26 Å². The third kappa shape index (κ3) is 3.57. The van der Waals surface area contributed by atoms with Crippen LogP contribution in [0.15, 0.2) is 45.4 Å². The number of fused-ring (bicyclic) bond motifs is 1. The molecule has 1 aliphatic carbocycles. The smallest absolute Gasteiger partial charge is 0.319 e. The lowest BCUT2D eigenvalue weighted by atomic mass is 10.2. The van der Waals surface area contributed by atoms with Gasteiger partial charge in [0.1, 0.15) is 11.3 Å². The van der Waals surface area contributed by atoms with Gasteiger partial charge >= 0.3 is 6.03 Å². The second kappa shape index (κ2) is 6.84. The van der Waals surface area contributed by atoms with Gasteiger partial charge in [-0.1, -0.05) is 0 Å². The van der Waals surface area contributed by atoms with Crippen molar-refractivity contribution < 1.29 is 13.6 Å². The summed E-state index contributed by atoms with van der Waals surface area (Å²) in [6.07, 6.45) is 3.92. The first-order chi connectivity index (χ1) is 12.6. The highest BCUT2D eigenvalue weighted by atomic mass is 16.3. The Labute approximate surface area is 151 Å². The number of urea groups is 1. The Kier molecular flexibility index (Phi) is 4.38. The third-order valence-electron chi connectivity index (χ3n) is 4.54. The maximum Gasteiger partial charge on any atom is 0.319 e. The number of likely N-dealkylation sites (N-methyl/N-ethyl adjacent to an activating group) is 1. The summed E-state index contributed by atoms with van der Waals surface area (Å²) in [6, 6.07) is 8.94. The first kappa shape index (κ1) is 16.7. The largest absolute Gasteiger partial charge is 0.468 e. The van der Waals surface area contributed by atoms with Crippen LogP contribution in [0.25, 0.3) is 11.1 Å². The number of nitrogens with zero attached hydrogens (tertiary/aromatic N) is 2. The van der Waals surface area contributed by atoms with E-state index in [0.717, 1.165) is 35.6 Å². The topological polar surface area (TPSA) is 83.5 Å². The maximum atomic E-state index is 12.3. The van der Waals surface area contributed by atoms with Crippen molar-refractivity contribution >= 4 is 22.8 Å². The standard InChI is InChI=1S/C19H22N4O3/c1-23(2)15(17-4-3-9-25-17)11-20-19(24)21-13-7-8-16-14(10-13)22-18(26-16)12-5-6-12/h3-4,7-10,12,15H,5-6,11H2,1-2H3,(H2,20,21,24)/t15-/m1/s1. The van der Waals surface area contributed by atoms with Crippen molar-refractivity contribution in [2.24, 2.45) is 0 Å². The van der Waals surface area contributed by atoms with E-state index in [1.165, 1.54) is 0 Å². The summed E-state index contributed by atoms with van der Waals surface area (Å²) in [5, 5.41) is 5.73. The predicted octanol–water partition coefficient (Wildman–Crippen LogP) is 3.72. The van der Waals surface area contributed by atoms with E-state index in [0.29, 0.717) is 18.2 Å². The first-order valence-corrected chi connectivity index (χ1v) is 8.75. The number of amides is 2. The molecule has 26 heavy (non-hydrogen) atoms. The zero-order valence-corrected chi connectivity index (χ0v) is 14.9. The molecule has 0 unspecified atom stereocenters. The number of hydrogen-bond acceptors (Lipinski definition) is 5. The molecule has 2 amide bonds. The van der Waals surface area contributed by atoms with Crippen molar-refractivity contribution in [3.8, 4) is 0 Å². The molecule has 136 valence electrons. The fraction of sp³-hybridized carbons (Fsp3) is 0.368. The fourth-order valence-corrected chi connectivity index (χ4v) is 2.91. The van der Waals surface area contributed by atoms with Crippen LogP contribution in [0, 0.1) is 0 Å². The van der Waals surface area contributed by atoms with Gasteiger partial charge in [0.15, 0.2) is 11.5 Å². The van der Waals surface area contributed by atoms with E-state index in [2.05, 4.69) is 15.6 Å². The number of oxazole rings is 1. The summed E-state index contributed by atoms with van der Waals surface area (Å²) >= 11 is 0. The van der Waals surface area contributed by atoms with Crippen LogP contribution in [0.3, 0.4) is 0 Å². The van der Waals surface area contributed by atoms with Crippen LogP contribution in [0.2, 0.25) is 0 Å². The molecule has 1 fully saturated rings. The van der Waals surface area contributed by atoms with Crippen molar-refractivity contribution in [2.45, 2.75) is 24.8 Å². The van der Waals surface area contributed by atoms with E-state index in [9.17, 15) is 4.79 Å². The molecule has 2 heterocycles. The van der Waals surface area contributed by atoms with Crippen molar-refractivity contribution in [1.29, 1.82) is 0 Å². The molecule has 0 spiro atoms. The molecule has 7 heteroatoms. The Morgan fingerprint density at radius 3 is 2.88 bits per heavy atom. The molecule has 1 aromatic carbocycles. The third-order valence-corrected chi connectivity index (χ3v) is 4.54. The highest BCUT2D eigenvalue weighted by Crippen LogP contribution is 2.40. The number of furan rings is 1. The van der Waals surface area contributed by atoms with Gasteiger partial charge in [0.25, 0.3) is 0 Å². The fourth-order valence-electron chi connectivity index (χ4n) is 2.91. The molecular weight excluding hydrogens is 332 g/mol. The zero-order valence-electron chi connectivity index (χ0n) is 14.9. The summed E-state index contributed by atoms with van der Waals surface area (Å²) < 4.78 is 11.2. The average Bonchev–Trinajstić information content (AvgIpc) is 3.15. The van der Waals surface area contributed by atoms with Gasteiger partial charge in [0.05, 0.1) is 12.3 Å². The Hall–Kier alpha value is -2.80. The average molecular weight is 354 g/mol. The number of rotatable bonds is 6. The van der Waals surface area contributed by atoms with E-state index in [1.807, 2.05) is 49.3 Å². The van der Waals surface area contributed by atoms with Gasteiger partial charge in [-0.3, -0.25) is 4.90 Å². The van der Waals surface area contributed by atoms with Gasteiger partial charge in [-0.2, -0.15) is 0 Å². The van der Waals surface area contributed by atoms with Gasteiger partial charge in [-0.05, 0) is 57.3 Å².